The topological polar surface area (TPSA) is 84.7 Å². The minimum Gasteiger partial charge on any atom is -0.381 e. The zero-order valence-corrected chi connectivity index (χ0v) is 17.6. The standard InChI is InChI=1S/C24H29N3O3/c1-15-13-22(21-14-19(24(25)29)5-8-23(21)27(15)16(2)28)26-20-6-3-17(4-7-20)18-9-11-30-12-10-18/h3-8,14-15,18,22,26H,9-13H2,1-2H3,(H2,25,29). The Kier molecular flexibility index (Phi) is 5.77. The molecule has 6 heteroatoms. The van der Waals surface area contributed by atoms with E-state index >= 15 is 0 Å². The van der Waals surface area contributed by atoms with Gasteiger partial charge in [0.2, 0.25) is 11.8 Å². The van der Waals surface area contributed by atoms with Gasteiger partial charge in [-0.2, -0.15) is 0 Å². The summed E-state index contributed by atoms with van der Waals surface area (Å²) in [6, 6.07) is 14.0. The number of benzene rings is 2. The average molecular weight is 408 g/mol. The first-order valence-electron chi connectivity index (χ1n) is 10.6. The lowest BCUT2D eigenvalue weighted by molar-refractivity contribution is -0.117. The largest absolute Gasteiger partial charge is 0.381 e. The number of anilines is 2. The van der Waals surface area contributed by atoms with E-state index in [1.165, 1.54) is 5.56 Å². The molecule has 2 aliphatic heterocycles. The molecule has 1 fully saturated rings. The van der Waals surface area contributed by atoms with E-state index in [9.17, 15) is 9.59 Å². The van der Waals surface area contributed by atoms with Gasteiger partial charge in [0.25, 0.3) is 0 Å². The van der Waals surface area contributed by atoms with Gasteiger partial charge in [-0.3, -0.25) is 9.59 Å². The number of nitrogens with one attached hydrogen (secondary N) is 1. The Labute approximate surface area is 177 Å². The van der Waals surface area contributed by atoms with E-state index in [4.69, 9.17) is 10.5 Å². The van der Waals surface area contributed by atoms with Gasteiger partial charge < -0.3 is 20.7 Å². The van der Waals surface area contributed by atoms with Gasteiger partial charge in [-0.05, 0) is 73.6 Å². The SMILES string of the molecule is CC(=O)N1c2ccc(C(N)=O)cc2C(Nc2ccc(C3CCOCC3)cc2)CC1C. The zero-order valence-electron chi connectivity index (χ0n) is 17.6. The second-order valence-corrected chi connectivity index (χ2v) is 8.32. The minimum atomic E-state index is -0.467. The van der Waals surface area contributed by atoms with Crippen molar-refractivity contribution < 1.29 is 14.3 Å². The van der Waals surface area contributed by atoms with Crippen LogP contribution in [-0.4, -0.2) is 31.1 Å². The molecule has 0 radical (unpaired) electrons. The van der Waals surface area contributed by atoms with Gasteiger partial charge in [-0.15, -0.1) is 0 Å². The zero-order chi connectivity index (χ0) is 21.3. The summed E-state index contributed by atoms with van der Waals surface area (Å²) in [5, 5.41) is 3.61. The molecule has 2 aromatic carbocycles. The number of carbonyl (C=O) groups excluding carboxylic acids is 2. The Balaban J connectivity index is 1.60. The van der Waals surface area contributed by atoms with Crippen molar-refractivity contribution in [3.05, 3.63) is 59.2 Å². The van der Waals surface area contributed by atoms with E-state index < -0.39 is 5.91 Å². The van der Waals surface area contributed by atoms with Crippen LogP contribution in [0.4, 0.5) is 11.4 Å². The van der Waals surface area contributed by atoms with E-state index in [-0.39, 0.29) is 18.0 Å². The Bertz CT molecular complexity index is 935. The van der Waals surface area contributed by atoms with E-state index in [0.29, 0.717) is 11.5 Å². The summed E-state index contributed by atoms with van der Waals surface area (Å²) in [4.78, 5) is 25.8. The van der Waals surface area contributed by atoms with Crippen LogP contribution in [0.15, 0.2) is 42.5 Å². The number of hydrogen-bond acceptors (Lipinski definition) is 4. The highest BCUT2D eigenvalue weighted by atomic mass is 16.5. The number of fused-ring (bicyclic) bond motifs is 1. The van der Waals surface area contributed by atoms with Crippen LogP contribution in [-0.2, 0) is 9.53 Å². The predicted molar refractivity (Wildman–Crippen MR) is 118 cm³/mol. The van der Waals surface area contributed by atoms with Gasteiger partial charge in [0.05, 0.1) is 6.04 Å². The first-order chi connectivity index (χ1) is 14.4. The van der Waals surface area contributed by atoms with Crippen molar-refractivity contribution in [3.8, 4) is 0 Å². The van der Waals surface area contributed by atoms with Gasteiger partial charge >= 0.3 is 0 Å². The smallest absolute Gasteiger partial charge is 0.248 e. The van der Waals surface area contributed by atoms with Crippen molar-refractivity contribution in [2.45, 2.75) is 51.1 Å². The van der Waals surface area contributed by atoms with Gasteiger partial charge in [-0.1, -0.05) is 12.1 Å². The molecule has 6 nitrogen and oxygen atoms in total. The highest BCUT2D eigenvalue weighted by Crippen LogP contribution is 2.40. The van der Waals surface area contributed by atoms with Gasteiger partial charge in [0.15, 0.2) is 0 Å². The lowest BCUT2D eigenvalue weighted by Gasteiger charge is -2.39. The lowest BCUT2D eigenvalue weighted by atomic mass is 9.89. The number of ether oxygens (including phenoxy) is 1. The molecule has 0 aliphatic carbocycles. The third-order valence-electron chi connectivity index (χ3n) is 6.25. The molecule has 158 valence electrons. The molecule has 2 unspecified atom stereocenters. The monoisotopic (exact) mass is 407 g/mol. The summed E-state index contributed by atoms with van der Waals surface area (Å²) in [6.45, 7) is 5.28. The molecular weight excluding hydrogens is 378 g/mol. The molecule has 2 amide bonds. The van der Waals surface area contributed by atoms with Crippen LogP contribution >= 0.6 is 0 Å². The van der Waals surface area contributed by atoms with Crippen molar-refractivity contribution in [3.63, 3.8) is 0 Å². The van der Waals surface area contributed by atoms with Crippen molar-refractivity contribution in [2.75, 3.05) is 23.4 Å². The molecule has 0 aromatic heterocycles. The molecule has 4 rings (SSSR count). The maximum absolute atomic E-state index is 12.2. The summed E-state index contributed by atoms with van der Waals surface area (Å²) in [5.74, 6) is 0.0886. The summed E-state index contributed by atoms with van der Waals surface area (Å²) >= 11 is 0. The highest BCUT2D eigenvalue weighted by Gasteiger charge is 2.33. The fourth-order valence-electron chi connectivity index (χ4n) is 4.72. The van der Waals surface area contributed by atoms with E-state index in [2.05, 4.69) is 36.5 Å². The fraction of sp³-hybridized carbons (Fsp3) is 0.417. The first-order valence-corrected chi connectivity index (χ1v) is 10.6. The quantitative estimate of drug-likeness (QED) is 0.803. The van der Waals surface area contributed by atoms with Crippen LogP contribution in [0.3, 0.4) is 0 Å². The van der Waals surface area contributed by atoms with E-state index in [1.807, 2.05) is 12.1 Å². The lowest BCUT2D eigenvalue weighted by Crippen LogP contribution is -2.43. The number of carbonyl (C=O) groups is 2. The molecule has 2 atom stereocenters. The van der Waals surface area contributed by atoms with Crippen LogP contribution in [0.25, 0.3) is 0 Å². The number of primary amides is 1. The molecule has 0 spiro atoms. The Morgan fingerprint density at radius 3 is 2.43 bits per heavy atom. The Morgan fingerprint density at radius 1 is 1.10 bits per heavy atom. The summed E-state index contributed by atoms with van der Waals surface area (Å²) in [7, 11) is 0. The second kappa shape index (κ2) is 8.48. The van der Waals surface area contributed by atoms with Crippen molar-refractivity contribution in [2.24, 2.45) is 5.73 Å². The summed E-state index contributed by atoms with van der Waals surface area (Å²) in [5.41, 5.74) is 10.1. The molecule has 3 N–H and O–H groups in total. The van der Waals surface area contributed by atoms with Crippen LogP contribution in [0.1, 0.15) is 66.6 Å². The molecule has 30 heavy (non-hydrogen) atoms. The predicted octanol–water partition coefficient (Wildman–Crippen LogP) is 3.98. The van der Waals surface area contributed by atoms with Gasteiger partial charge in [-0.25, -0.2) is 0 Å². The summed E-state index contributed by atoms with van der Waals surface area (Å²) < 4.78 is 5.47. The van der Waals surface area contributed by atoms with E-state index in [0.717, 1.165) is 49.4 Å². The summed E-state index contributed by atoms with van der Waals surface area (Å²) in [6.07, 6.45) is 2.88. The molecule has 1 saturated heterocycles. The number of amides is 2. The molecular formula is C24H29N3O3. The Hall–Kier alpha value is -2.86. The maximum atomic E-state index is 12.2. The normalized spacial score (nSPS) is 21.7. The van der Waals surface area contributed by atoms with Crippen LogP contribution in [0.2, 0.25) is 0 Å². The van der Waals surface area contributed by atoms with Crippen molar-refractivity contribution in [1.82, 2.24) is 0 Å². The molecule has 2 heterocycles. The number of hydrogen-bond donors (Lipinski definition) is 2. The fourth-order valence-corrected chi connectivity index (χ4v) is 4.72. The molecule has 0 saturated carbocycles. The van der Waals surface area contributed by atoms with E-state index in [1.54, 1.807) is 17.9 Å². The average Bonchev–Trinajstić information content (AvgIpc) is 2.74. The van der Waals surface area contributed by atoms with Crippen LogP contribution < -0.4 is 16.0 Å². The van der Waals surface area contributed by atoms with Crippen LogP contribution in [0.5, 0.6) is 0 Å². The third kappa shape index (κ3) is 4.05. The van der Waals surface area contributed by atoms with Crippen LogP contribution in [0, 0.1) is 0 Å². The Morgan fingerprint density at radius 2 is 1.80 bits per heavy atom. The highest BCUT2D eigenvalue weighted by molar-refractivity contribution is 5.97. The van der Waals surface area contributed by atoms with Crippen molar-refractivity contribution >= 4 is 23.2 Å². The minimum absolute atomic E-state index is 0.00478. The number of rotatable bonds is 4. The maximum Gasteiger partial charge on any atom is 0.248 e. The van der Waals surface area contributed by atoms with Gasteiger partial charge in [0.1, 0.15) is 0 Å². The van der Waals surface area contributed by atoms with Gasteiger partial charge in [0, 0.05) is 43.1 Å². The second-order valence-electron chi connectivity index (χ2n) is 8.32. The number of nitrogens with zero attached hydrogens (tertiary/aromatic N) is 1. The molecule has 0 bridgehead atoms. The molecule has 2 aliphatic rings. The van der Waals surface area contributed by atoms with Crippen molar-refractivity contribution in [1.29, 1.82) is 0 Å². The third-order valence-corrected chi connectivity index (χ3v) is 6.25. The molecule has 2 aromatic rings. The number of nitrogens with two attached hydrogens (primary N) is 1. The first kappa shape index (κ1) is 20.4.